The van der Waals surface area contributed by atoms with Crippen LogP contribution in [0.4, 0.5) is 0 Å². The highest BCUT2D eigenvalue weighted by molar-refractivity contribution is 5.01. The Bertz CT molecular complexity index is 146. The van der Waals surface area contributed by atoms with Crippen LogP contribution in [0.1, 0.15) is 33.1 Å². The Labute approximate surface area is 68.2 Å². The molecule has 1 N–H and O–H groups in total. The highest BCUT2D eigenvalue weighted by Crippen LogP contribution is 2.39. The van der Waals surface area contributed by atoms with Gasteiger partial charge in [-0.25, -0.2) is 0 Å². The average molecular weight is 155 g/mol. The quantitative estimate of drug-likeness (QED) is 0.610. The first kappa shape index (κ1) is 7.56. The van der Waals surface area contributed by atoms with Crippen LogP contribution >= 0.6 is 0 Å². The average Bonchev–Trinajstić information content (AvgIpc) is 1.84. The first-order valence-electron chi connectivity index (χ1n) is 4.64. The largest absolute Gasteiger partial charge is 0.393 e. The molecule has 2 unspecified atom stereocenters. The zero-order chi connectivity index (χ0) is 8.01. The third kappa shape index (κ3) is 1.09. The molecule has 0 amide bonds. The highest BCUT2D eigenvalue weighted by atomic mass is 16.3. The third-order valence-corrected chi connectivity index (χ3v) is 3.07. The van der Waals surface area contributed by atoms with Crippen molar-refractivity contribution in [2.24, 2.45) is 0 Å². The van der Waals surface area contributed by atoms with E-state index in [4.69, 9.17) is 0 Å². The van der Waals surface area contributed by atoms with Crippen molar-refractivity contribution in [1.82, 2.24) is 4.90 Å². The van der Waals surface area contributed by atoms with Crippen molar-refractivity contribution < 1.29 is 5.11 Å². The van der Waals surface area contributed by atoms with Gasteiger partial charge >= 0.3 is 0 Å². The summed E-state index contributed by atoms with van der Waals surface area (Å²) in [6.45, 7) is 4.49. The summed E-state index contributed by atoms with van der Waals surface area (Å²) in [5.41, 5.74) is 0. The first-order chi connectivity index (χ1) is 5.18. The molecule has 2 saturated heterocycles. The predicted octanol–water partition coefficient (Wildman–Crippen LogP) is 0.992. The summed E-state index contributed by atoms with van der Waals surface area (Å²) < 4.78 is 0. The smallest absolute Gasteiger partial charge is 0.0570 e. The molecule has 1 aliphatic carbocycles. The van der Waals surface area contributed by atoms with Crippen molar-refractivity contribution in [2.45, 2.75) is 57.3 Å². The molecule has 64 valence electrons. The Morgan fingerprint density at radius 3 is 2.18 bits per heavy atom. The van der Waals surface area contributed by atoms with Crippen LogP contribution in [0.2, 0.25) is 0 Å². The summed E-state index contributed by atoms with van der Waals surface area (Å²) in [4.78, 5) is 2.55. The number of aliphatic hydroxyl groups is 1. The van der Waals surface area contributed by atoms with Gasteiger partial charge in [0, 0.05) is 18.1 Å². The van der Waals surface area contributed by atoms with E-state index in [9.17, 15) is 5.11 Å². The Kier molecular flexibility index (Phi) is 1.69. The van der Waals surface area contributed by atoms with Gasteiger partial charge in [0.25, 0.3) is 0 Å². The fourth-order valence-electron chi connectivity index (χ4n) is 2.72. The van der Waals surface area contributed by atoms with E-state index in [1.165, 1.54) is 6.42 Å². The van der Waals surface area contributed by atoms with Gasteiger partial charge in [-0.05, 0) is 33.1 Å². The molecular formula is C9H17NO. The van der Waals surface area contributed by atoms with Crippen molar-refractivity contribution in [3.8, 4) is 0 Å². The molecular weight excluding hydrogens is 138 g/mol. The van der Waals surface area contributed by atoms with Gasteiger partial charge in [0.15, 0.2) is 0 Å². The Hall–Kier alpha value is -0.0800. The van der Waals surface area contributed by atoms with E-state index in [0.717, 1.165) is 12.8 Å². The van der Waals surface area contributed by atoms with Gasteiger partial charge in [-0.15, -0.1) is 0 Å². The van der Waals surface area contributed by atoms with Gasteiger partial charge in [-0.3, -0.25) is 4.90 Å². The lowest BCUT2D eigenvalue weighted by molar-refractivity contribution is -0.0978. The van der Waals surface area contributed by atoms with E-state index < -0.39 is 0 Å². The summed E-state index contributed by atoms with van der Waals surface area (Å²) in [6, 6.07) is 2.07. The Balaban J connectivity index is 1.98. The summed E-state index contributed by atoms with van der Waals surface area (Å²) in [5.74, 6) is 0. The maximum atomic E-state index is 9.38. The van der Waals surface area contributed by atoms with Crippen molar-refractivity contribution in [1.29, 1.82) is 0 Å². The predicted molar refractivity (Wildman–Crippen MR) is 44.4 cm³/mol. The maximum Gasteiger partial charge on any atom is 0.0570 e. The molecule has 3 rings (SSSR count). The molecule has 3 fully saturated rings. The van der Waals surface area contributed by atoms with Gasteiger partial charge in [0.2, 0.25) is 0 Å². The van der Waals surface area contributed by atoms with Crippen LogP contribution in [0, 0.1) is 0 Å². The molecule has 11 heavy (non-hydrogen) atoms. The maximum absolute atomic E-state index is 9.38. The summed E-state index contributed by atoms with van der Waals surface area (Å²) >= 11 is 0. The molecule has 3 aliphatic rings. The van der Waals surface area contributed by atoms with Gasteiger partial charge < -0.3 is 5.11 Å². The second kappa shape index (κ2) is 2.46. The molecule has 0 aromatic rings. The van der Waals surface area contributed by atoms with Crippen molar-refractivity contribution in [2.75, 3.05) is 0 Å². The fourth-order valence-corrected chi connectivity index (χ4v) is 2.72. The molecule has 2 heterocycles. The zero-order valence-electron chi connectivity index (χ0n) is 7.33. The number of fused-ring (bicyclic) bond motifs is 2. The zero-order valence-corrected chi connectivity index (χ0v) is 7.33. The lowest BCUT2D eigenvalue weighted by Crippen LogP contribution is -2.64. The fraction of sp³-hybridized carbons (Fsp3) is 1.00. The van der Waals surface area contributed by atoms with Gasteiger partial charge in [-0.1, -0.05) is 0 Å². The van der Waals surface area contributed by atoms with E-state index in [1.54, 1.807) is 0 Å². The molecule has 0 aromatic heterocycles. The molecule has 0 radical (unpaired) electrons. The minimum Gasteiger partial charge on any atom is -0.393 e. The molecule has 2 nitrogen and oxygen atoms in total. The van der Waals surface area contributed by atoms with Crippen molar-refractivity contribution in [3.05, 3.63) is 0 Å². The monoisotopic (exact) mass is 155 g/mol. The molecule has 1 saturated carbocycles. The number of hydrogen-bond donors (Lipinski definition) is 1. The van der Waals surface area contributed by atoms with E-state index in [2.05, 4.69) is 18.7 Å². The summed E-state index contributed by atoms with van der Waals surface area (Å²) in [5, 5.41) is 9.38. The van der Waals surface area contributed by atoms with E-state index >= 15 is 0 Å². The molecule has 2 aliphatic heterocycles. The second-order valence-electron chi connectivity index (χ2n) is 4.21. The SMILES string of the molecule is CC(C)N1C2CC(O)CC1C2. The van der Waals surface area contributed by atoms with Crippen LogP contribution < -0.4 is 0 Å². The molecule has 0 spiro atoms. The number of nitrogens with zero attached hydrogens (tertiary/aromatic N) is 1. The lowest BCUT2D eigenvalue weighted by atomic mass is 9.77. The summed E-state index contributed by atoms with van der Waals surface area (Å²) in [7, 11) is 0. The minimum atomic E-state index is -0.00579. The van der Waals surface area contributed by atoms with Crippen molar-refractivity contribution >= 4 is 0 Å². The topological polar surface area (TPSA) is 23.5 Å². The molecule has 2 bridgehead atoms. The minimum absolute atomic E-state index is 0.00579. The number of piperidine rings is 1. The van der Waals surface area contributed by atoms with Gasteiger partial charge in [0.05, 0.1) is 6.10 Å². The van der Waals surface area contributed by atoms with Crippen LogP contribution in [0.25, 0.3) is 0 Å². The molecule has 0 aromatic carbocycles. The van der Waals surface area contributed by atoms with Crippen LogP contribution in [0.3, 0.4) is 0 Å². The molecule has 2 atom stereocenters. The van der Waals surface area contributed by atoms with Gasteiger partial charge in [0.1, 0.15) is 0 Å². The van der Waals surface area contributed by atoms with E-state index in [-0.39, 0.29) is 6.10 Å². The standard InChI is InChI=1S/C9H17NO/c1-6(2)10-7-3-8(10)5-9(11)4-7/h6-9,11H,3-5H2,1-2H3. The third-order valence-electron chi connectivity index (χ3n) is 3.07. The van der Waals surface area contributed by atoms with E-state index in [0.29, 0.717) is 18.1 Å². The van der Waals surface area contributed by atoms with Crippen LogP contribution in [-0.2, 0) is 0 Å². The number of hydrogen-bond acceptors (Lipinski definition) is 2. The Morgan fingerprint density at radius 1 is 1.18 bits per heavy atom. The van der Waals surface area contributed by atoms with Crippen molar-refractivity contribution in [3.63, 3.8) is 0 Å². The number of rotatable bonds is 1. The van der Waals surface area contributed by atoms with Crippen LogP contribution in [-0.4, -0.2) is 34.2 Å². The van der Waals surface area contributed by atoms with E-state index in [1.807, 2.05) is 0 Å². The highest BCUT2D eigenvalue weighted by Gasteiger charge is 2.45. The summed E-state index contributed by atoms with van der Waals surface area (Å²) in [6.07, 6.45) is 3.34. The van der Waals surface area contributed by atoms with Crippen LogP contribution in [0.15, 0.2) is 0 Å². The van der Waals surface area contributed by atoms with Crippen LogP contribution in [0.5, 0.6) is 0 Å². The molecule has 2 heteroatoms. The first-order valence-corrected chi connectivity index (χ1v) is 4.64. The second-order valence-corrected chi connectivity index (χ2v) is 4.21. The normalized spacial score (nSPS) is 44.2. The Morgan fingerprint density at radius 2 is 1.73 bits per heavy atom. The lowest BCUT2D eigenvalue weighted by Gasteiger charge is -2.56. The van der Waals surface area contributed by atoms with Gasteiger partial charge in [-0.2, -0.15) is 0 Å². The number of aliphatic hydroxyl groups excluding tert-OH is 1.